The molecule has 2 aliphatic carbocycles. The Bertz CT molecular complexity index is 2400. The molecule has 2 heterocycles. The van der Waals surface area contributed by atoms with Crippen molar-refractivity contribution < 1.29 is 39.0 Å². The van der Waals surface area contributed by atoms with Crippen LogP contribution in [0.2, 0.25) is 0 Å². The smallest absolute Gasteiger partial charge is 0.269 e. The molecule has 14 nitrogen and oxygen atoms in total. The number of benzene rings is 3. The highest BCUT2D eigenvalue weighted by Crippen LogP contribution is 2.62. The molecule has 64 heavy (non-hydrogen) atoms. The number of aliphatic hydroxyl groups is 2. The van der Waals surface area contributed by atoms with Gasteiger partial charge in [-0.2, -0.15) is 5.26 Å². The second-order valence-corrected chi connectivity index (χ2v) is 16.6. The number of aliphatic hydroxyl groups excluding tert-OH is 2. The molecule has 0 spiro atoms. The molecule has 334 valence electrons. The maximum atomic E-state index is 14.6. The number of hydrogen-bond acceptors (Lipinski definition) is 12. The van der Waals surface area contributed by atoms with E-state index in [1.54, 1.807) is 54.4 Å². The Morgan fingerprint density at radius 3 is 2.48 bits per heavy atom. The van der Waals surface area contributed by atoms with Crippen LogP contribution in [-0.2, 0) is 22.8 Å². The summed E-state index contributed by atoms with van der Waals surface area (Å²) in [5.74, 6) is -1.35. The van der Waals surface area contributed by atoms with Gasteiger partial charge >= 0.3 is 0 Å². The predicted octanol–water partition coefficient (Wildman–Crippen LogP) is 8.35. The lowest BCUT2D eigenvalue weighted by atomic mass is 9.55. The molecule has 1 aromatic heterocycles. The molecule has 6 unspecified atom stereocenters. The Labute approximate surface area is 373 Å². The number of nitriles is 1. The molecule has 1 aliphatic heterocycles. The van der Waals surface area contributed by atoms with E-state index in [0.717, 1.165) is 48.2 Å². The van der Waals surface area contributed by atoms with Crippen molar-refractivity contribution in [3.63, 3.8) is 0 Å². The summed E-state index contributed by atoms with van der Waals surface area (Å²) in [6.07, 6.45) is 8.43. The van der Waals surface area contributed by atoms with Gasteiger partial charge in [0.2, 0.25) is 5.79 Å². The topological polar surface area (TPSA) is 190 Å². The highest BCUT2D eigenvalue weighted by atomic mass is 16.7. The summed E-state index contributed by atoms with van der Waals surface area (Å²) in [5, 5.41) is 45.5. The number of aryl methyl sites for hydroxylation is 1. The van der Waals surface area contributed by atoms with Gasteiger partial charge in [-0.3, -0.25) is 19.9 Å². The van der Waals surface area contributed by atoms with Gasteiger partial charge in [-0.25, -0.2) is 0 Å². The average Bonchev–Trinajstić information content (AvgIpc) is 3.31. The molecule has 3 aromatic carbocycles. The van der Waals surface area contributed by atoms with Gasteiger partial charge < -0.3 is 34.2 Å². The number of pyridine rings is 1. The molecule has 1 fully saturated rings. The number of hydrogen-bond donors (Lipinski definition) is 2. The van der Waals surface area contributed by atoms with Gasteiger partial charge in [0.1, 0.15) is 30.8 Å². The van der Waals surface area contributed by atoms with Crippen molar-refractivity contribution in [1.29, 1.82) is 5.26 Å². The fourth-order valence-electron chi connectivity index (χ4n) is 9.59. The van der Waals surface area contributed by atoms with Crippen LogP contribution in [0, 0.1) is 46.1 Å². The van der Waals surface area contributed by atoms with E-state index in [2.05, 4.69) is 23.7 Å². The van der Waals surface area contributed by atoms with E-state index in [-0.39, 0.29) is 68.8 Å². The minimum atomic E-state index is -1.47. The van der Waals surface area contributed by atoms with Crippen LogP contribution in [0.5, 0.6) is 11.5 Å². The van der Waals surface area contributed by atoms with Crippen LogP contribution in [0.15, 0.2) is 114 Å². The summed E-state index contributed by atoms with van der Waals surface area (Å²) in [5.41, 5.74) is 5.51. The lowest BCUT2D eigenvalue weighted by molar-refractivity contribution is -0.384. The Kier molecular flexibility index (Phi) is 14.9. The van der Waals surface area contributed by atoms with Crippen molar-refractivity contribution in [2.75, 3.05) is 26.9 Å². The third-order valence-corrected chi connectivity index (χ3v) is 12.6. The Hall–Kier alpha value is -6.40. The second-order valence-electron chi connectivity index (χ2n) is 16.6. The molecule has 1 saturated carbocycles. The van der Waals surface area contributed by atoms with Crippen LogP contribution in [0.4, 0.5) is 5.69 Å². The summed E-state index contributed by atoms with van der Waals surface area (Å²) in [6, 6.07) is 25.6. The summed E-state index contributed by atoms with van der Waals surface area (Å²) in [6.45, 7) is 6.45. The molecule has 7 rings (SSSR count). The summed E-state index contributed by atoms with van der Waals surface area (Å²) < 4.78 is 20.7. The van der Waals surface area contributed by atoms with Gasteiger partial charge in [-0.15, -0.1) is 6.58 Å². The van der Waals surface area contributed by atoms with Crippen LogP contribution >= 0.6 is 0 Å². The van der Waals surface area contributed by atoms with Crippen LogP contribution in [0.3, 0.4) is 0 Å². The Balaban J connectivity index is 1.39. The zero-order chi connectivity index (χ0) is 45.2. The first-order valence-corrected chi connectivity index (χ1v) is 21.9. The number of fused-ring (bicyclic) bond motifs is 2. The first kappa shape index (κ1) is 45.6. The fraction of sp³-hybridized carbons (Fsp3) is 0.400. The van der Waals surface area contributed by atoms with Crippen molar-refractivity contribution in [3.8, 4) is 17.6 Å². The molecule has 0 saturated heterocycles. The molecule has 3 aliphatic rings. The van der Waals surface area contributed by atoms with Crippen LogP contribution in [0.25, 0.3) is 0 Å². The van der Waals surface area contributed by atoms with E-state index < -0.39 is 22.7 Å². The van der Waals surface area contributed by atoms with E-state index in [4.69, 9.17) is 24.2 Å². The monoisotopic (exact) mass is 869 g/mol. The lowest BCUT2D eigenvalue weighted by Crippen LogP contribution is -2.69. The van der Waals surface area contributed by atoms with Crippen molar-refractivity contribution in [1.82, 2.24) is 9.88 Å². The SMILES string of the molecule is C=CCOC12Oc3ccc(OCc4cccc(C)n4)cc3C3C(CCCCO)C(CCCCO)C=C(C(=NOCc4ccc([N+](=O)[O-])cc4)CC1N(C)C(=O)c1ccc(C#N)cc1)C32. The molecular weight excluding hydrogens is 815 g/mol. The number of likely N-dealkylation sites (N-methyl/N-ethyl adjacent to an activating group) is 1. The average molecular weight is 870 g/mol. The number of rotatable bonds is 20. The molecule has 6 atom stereocenters. The summed E-state index contributed by atoms with van der Waals surface area (Å²) in [7, 11) is 1.72. The highest BCUT2D eigenvalue weighted by molar-refractivity contribution is 6.03. The zero-order valence-corrected chi connectivity index (χ0v) is 36.3. The number of allylic oxidation sites excluding steroid dienone is 1. The molecule has 0 radical (unpaired) electrons. The minimum Gasteiger partial charge on any atom is -0.487 e. The van der Waals surface area contributed by atoms with Crippen molar-refractivity contribution in [2.24, 2.45) is 22.9 Å². The largest absolute Gasteiger partial charge is 0.487 e. The number of non-ortho nitro benzene ring substituents is 1. The maximum absolute atomic E-state index is 14.6. The number of unbranched alkanes of at least 4 members (excludes halogenated alkanes) is 2. The quantitative estimate of drug-likeness (QED) is 0.0376. The molecule has 4 aromatic rings. The highest BCUT2D eigenvalue weighted by Gasteiger charge is 2.65. The van der Waals surface area contributed by atoms with Crippen LogP contribution in [0.1, 0.15) is 89.3 Å². The van der Waals surface area contributed by atoms with Gasteiger partial charge in [-0.05, 0) is 122 Å². The standard InChI is InChI=1S/C50H55N5O9/c1-4-26-62-50-46(54(3)49(58)36-18-14-34(30-51)15-19-36)29-44(53-63-31-35-16-20-39(21-17-35)55(59)60)42-27-37(11-5-7-24-56)41(13-6-8-25-57)47(48(42)50)43-28-40(22-23-45(43)64-50)61-32-38-12-9-10-33(2)52-38/h4,9-10,12,14-23,27-28,37,41,46-48,56-57H,1,5-8,11,13,24-26,29,31-32H2,2-3H3. The summed E-state index contributed by atoms with van der Waals surface area (Å²) in [4.78, 5) is 37.9. The van der Waals surface area contributed by atoms with Crippen LogP contribution in [-0.4, -0.2) is 75.3 Å². The van der Waals surface area contributed by atoms with Crippen molar-refractivity contribution >= 4 is 17.3 Å². The molecule has 14 heteroatoms. The van der Waals surface area contributed by atoms with Crippen molar-refractivity contribution in [3.05, 3.63) is 153 Å². The van der Waals surface area contributed by atoms with E-state index in [0.29, 0.717) is 46.7 Å². The van der Waals surface area contributed by atoms with E-state index in [1.165, 1.54) is 12.1 Å². The number of oxime groups is 1. The number of nitro groups is 1. The maximum Gasteiger partial charge on any atom is 0.269 e. The van der Waals surface area contributed by atoms with Gasteiger partial charge in [0.05, 0.1) is 40.5 Å². The van der Waals surface area contributed by atoms with E-state index in [1.807, 2.05) is 43.3 Å². The normalized spacial score (nSPS) is 22.5. The van der Waals surface area contributed by atoms with Gasteiger partial charge in [0, 0.05) is 61.6 Å². The van der Waals surface area contributed by atoms with Crippen LogP contribution < -0.4 is 9.47 Å². The lowest BCUT2D eigenvalue weighted by Gasteiger charge is -2.59. The third-order valence-electron chi connectivity index (χ3n) is 12.6. The van der Waals surface area contributed by atoms with E-state index >= 15 is 0 Å². The van der Waals surface area contributed by atoms with E-state index in [9.17, 15) is 30.4 Å². The number of carbonyl (C=O) groups excluding carboxylic acids is 1. The first-order valence-electron chi connectivity index (χ1n) is 21.9. The Morgan fingerprint density at radius 2 is 1.80 bits per heavy atom. The number of amides is 1. The van der Waals surface area contributed by atoms with Gasteiger partial charge in [0.15, 0.2) is 0 Å². The molecule has 2 N–H and O–H groups in total. The number of aromatic nitrogens is 1. The zero-order valence-electron chi connectivity index (χ0n) is 36.3. The van der Waals surface area contributed by atoms with Gasteiger partial charge in [-0.1, -0.05) is 36.2 Å². The Morgan fingerprint density at radius 1 is 1.05 bits per heavy atom. The molecule has 1 amide bonds. The first-order chi connectivity index (χ1) is 31.1. The number of ether oxygens (including phenoxy) is 3. The number of nitrogens with zero attached hydrogens (tertiary/aromatic N) is 5. The molecule has 0 bridgehead atoms. The number of carbonyl (C=O) groups is 1. The second kappa shape index (κ2) is 20.9. The van der Waals surface area contributed by atoms with Crippen molar-refractivity contribution in [2.45, 2.75) is 82.8 Å². The minimum absolute atomic E-state index is 0.00241. The predicted molar refractivity (Wildman–Crippen MR) is 239 cm³/mol. The molecular formula is C50H55N5O9. The number of nitro benzene ring substituents is 1. The third kappa shape index (κ3) is 9.87. The van der Waals surface area contributed by atoms with Gasteiger partial charge in [0.25, 0.3) is 11.6 Å². The fourth-order valence-corrected chi connectivity index (χ4v) is 9.59. The summed E-state index contributed by atoms with van der Waals surface area (Å²) >= 11 is 0.